The Morgan fingerprint density at radius 1 is 0.938 bits per heavy atom. The van der Waals surface area contributed by atoms with E-state index in [1.165, 1.54) is 12.5 Å². The number of likely N-dealkylation sites (tertiary alicyclic amines) is 1. The van der Waals surface area contributed by atoms with Crippen molar-refractivity contribution in [1.29, 1.82) is 0 Å². The Hall–Kier alpha value is -5.18. The summed E-state index contributed by atoms with van der Waals surface area (Å²) in [5.41, 5.74) is 5.81. The fourth-order valence-corrected chi connectivity index (χ4v) is 7.41. The lowest BCUT2D eigenvalue weighted by molar-refractivity contribution is -0.140. The Labute approximate surface area is 280 Å². The molecule has 7 rings (SSSR count). The van der Waals surface area contributed by atoms with Gasteiger partial charge in [0.25, 0.3) is 0 Å². The Morgan fingerprint density at radius 2 is 1.62 bits per heavy atom. The number of nitrogens with one attached hydrogen (secondary N) is 1. The van der Waals surface area contributed by atoms with Gasteiger partial charge in [-0.05, 0) is 79.3 Å². The number of nitrogens with zero attached hydrogens (tertiary/aromatic N) is 5. The lowest BCUT2D eigenvalue weighted by Gasteiger charge is -2.29. The summed E-state index contributed by atoms with van der Waals surface area (Å²) >= 11 is 0. The first-order valence-corrected chi connectivity index (χ1v) is 16.6. The fourth-order valence-electron chi connectivity index (χ4n) is 7.41. The van der Waals surface area contributed by atoms with Crippen molar-refractivity contribution in [3.8, 4) is 11.1 Å². The van der Waals surface area contributed by atoms with E-state index in [0.717, 1.165) is 47.0 Å². The van der Waals surface area contributed by atoms with Crippen molar-refractivity contribution in [2.24, 2.45) is 5.41 Å². The van der Waals surface area contributed by atoms with Crippen molar-refractivity contribution in [1.82, 2.24) is 30.0 Å². The van der Waals surface area contributed by atoms with Crippen molar-refractivity contribution in [2.75, 3.05) is 0 Å². The summed E-state index contributed by atoms with van der Waals surface area (Å²) in [5.74, 6) is 0.195. The monoisotopic (exact) mass is 640 g/mol. The lowest BCUT2D eigenvalue weighted by Crippen LogP contribution is -2.49. The van der Waals surface area contributed by atoms with E-state index in [1.54, 1.807) is 22.0 Å². The first kappa shape index (κ1) is 31.4. The number of ketones is 1. The molecule has 0 bridgehead atoms. The molecule has 3 aromatic carbocycles. The molecule has 2 aromatic heterocycles. The number of fused-ring (bicyclic) bond motifs is 2. The smallest absolute Gasteiger partial charge is 0.245 e. The molecule has 1 N–H and O–H groups in total. The summed E-state index contributed by atoms with van der Waals surface area (Å²) in [6.07, 6.45) is 6.58. The van der Waals surface area contributed by atoms with Crippen LogP contribution in [0.2, 0.25) is 0 Å². The molecule has 0 radical (unpaired) electrons. The van der Waals surface area contributed by atoms with Gasteiger partial charge in [-0.3, -0.25) is 19.1 Å². The molecule has 1 saturated heterocycles. The molecular formula is C39H40N6O3. The van der Waals surface area contributed by atoms with Crippen molar-refractivity contribution < 1.29 is 14.4 Å². The average Bonchev–Trinajstić information content (AvgIpc) is 3.43. The summed E-state index contributed by atoms with van der Waals surface area (Å²) in [5, 5.41) is 8.67. The van der Waals surface area contributed by atoms with Crippen molar-refractivity contribution in [3.05, 3.63) is 113 Å². The number of aromatic nitrogens is 4. The largest absolute Gasteiger partial charge is 0.347 e. The second-order valence-corrected chi connectivity index (χ2v) is 13.7. The maximum Gasteiger partial charge on any atom is 0.245 e. The van der Waals surface area contributed by atoms with Crippen molar-refractivity contribution in [2.45, 2.75) is 78.0 Å². The number of aryl methyl sites for hydroxylation is 3. The molecule has 2 fully saturated rings. The zero-order chi connectivity index (χ0) is 33.6. The highest BCUT2D eigenvalue weighted by Crippen LogP contribution is 2.59. The first-order valence-electron chi connectivity index (χ1n) is 16.6. The molecule has 9 nitrogen and oxygen atoms in total. The van der Waals surface area contributed by atoms with Crippen LogP contribution in [0.25, 0.3) is 22.0 Å². The normalized spacial score (nSPS) is 20.4. The third-order valence-electron chi connectivity index (χ3n) is 10.1. The predicted octanol–water partition coefficient (Wildman–Crippen LogP) is 6.18. The summed E-state index contributed by atoms with van der Waals surface area (Å²) in [4.78, 5) is 51.5. The molecule has 2 aliphatic rings. The number of hydrogen-bond acceptors (Lipinski definition) is 6. The van der Waals surface area contributed by atoms with Crippen LogP contribution in [0.1, 0.15) is 72.2 Å². The van der Waals surface area contributed by atoms with E-state index >= 15 is 0 Å². The molecule has 2 amide bonds. The van der Waals surface area contributed by atoms with Gasteiger partial charge in [-0.15, -0.1) is 0 Å². The number of amides is 2. The maximum absolute atomic E-state index is 14.2. The molecule has 9 heteroatoms. The van der Waals surface area contributed by atoms with E-state index in [-0.39, 0.29) is 41.6 Å². The molecule has 48 heavy (non-hydrogen) atoms. The van der Waals surface area contributed by atoms with E-state index in [0.29, 0.717) is 23.3 Å². The highest BCUT2D eigenvalue weighted by Gasteiger charge is 2.64. The second-order valence-electron chi connectivity index (χ2n) is 13.7. The van der Waals surface area contributed by atoms with Crippen LogP contribution in [0, 0.1) is 19.3 Å². The van der Waals surface area contributed by atoms with Gasteiger partial charge >= 0.3 is 0 Å². The highest BCUT2D eigenvalue weighted by atomic mass is 16.2. The van der Waals surface area contributed by atoms with Crippen LogP contribution in [0.3, 0.4) is 0 Å². The Morgan fingerprint density at radius 3 is 2.31 bits per heavy atom. The predicted molar refractivity (Wildman–Crippen MR) is 184 cm³/mol. The summed E-state index contributed by atoms with van der Waals surface area (Å²) in [6, 6.07) is 23.5. The number of piperidine rings is 1. The van der Waals surface area contributed by atoms with E-state index in [9.17, 15) is 14.4 Å². The Bertz CT molecular complexity index is 2010. The van der Waals surface area contributed by atoms with Crippen LogP contribution >= 0.6 is 0 Å². The minimum absolute atomic E-state index is 0.00332. The first-order chi connectivity index (χ1) is 23.1. The van der Waals surface area contributed by atoms with Crippen LogP contribution in [0.15, 0.2) is 85.2 Å². The topological polar surface area (TPSA) is 110 Å². The molecule has 1 saturated carbocycles. The van der Waals surface area contributed by atoms with Gasteiger partial charge in [0.05, 0.1) is 11.6 Å². The molecule has 1 aliphatic carbocycles. The van der Waals surface area contributed by atoms with Crippen LogP contribution < -0.4 is 5.32 Å². The van der Waals surface area contributed by atoms with Gasteiger partial charge in [0.2, 0.25) is 11.8 Å². The zero-order valence-electron chi connectivity index (χ0n) is 27.8. The van der Waals surface area contributed by atoms with E-state index in [1.807, 2.05) is 74.5 Å². The minimum Gasteiger partial charge on any atom is -0.347 e. The quantitative estimate of drug-likeness (QED) is 0.183. The lowest BCUT2D eigenvalue weighted by atomic mass is 9.97. The van der Waals surface area contributed by atoms with Crippen LogP contribution in [0.5, 0.6) is 0 Å². The Balaban J connectivity index is 1.15. The van der Waals surface area contributed by atoms with Crippen molar-refractivity contribution >= 4 is 28.5 Å². The van der Waals surface area contributed by atoms with Gasteiger partial charge in [-0.25, -0.2) is 9.97 Å². The number of benzene rings is 3. The number of carbonyl (C=O) groups is 3. The molecule has 3 heterocycles. The van der Waals surface area contributed by atoms with Gasteiger partial charge in [0, 0.05) is 36.3 Å². The highest BCUT2D eigenvalue weighted by molar-refractivity contribution is 6.07. The van der Waals surface area contributed by atoms with Gasteiger partial charge in [-0.1, -0.05) is 67.6 Å². The van der Waals surface area contributed by atoms with E-state index < -0.39 is 6.04 Å². The number of rotatable bonds is 10. The second kappa shape index (κ2) is 12.4. The molecule has 244 valence electrons. The average molecular weight is 641 g/mol. The van der Waals surface area contributed by atoms with Crippen LogP contribution in [-0.2, 0) is 22.6 Å². The molecule has 1 aliphatic heterocycles. The van der Waals surface area contributed by atoms with Crippen LogP contribution in [0.4, 0.5) is 0 Å². The van der Waals surface area contributed by atoms with Gasteiger partial charge in [-0.2, -0.15) is 5.10 Å². The Kier molecular flexibility index (Phi) is 8.15. The fraction of sp³-hybridized carbons (Fsp3) is 0.333. The SMILES string of the molecule is CC(=O)c1nn(CC(=O)N2[C@H](C(=O)N[C@@H](CCc3ccccc3)c3ccccc3)C[C@@]3(C)C[C@@H]23)c2c(C)cc(-c3cnc(C)nc3)cc12. The molecule has 4 atom stereocenters. The zero-order valence-corrected chi connectivity index (χ0v) is 27.8. The number of carbonyl (C=O) groups excluding carboxylic acids is 3. The molecule has 0 unspecified atom stereocenters. The molecule has 0 spiro atoms. The van der Waals surface area contributed by atoms with E-state index in [4.69, 9.17) is 0 Å². The maximum atomic E-state index is 14.2. The third kappa shape index (κ3) is 6.01. The van der Waals surface area contributed by atoms with Gasteiger partial charge < -0.3 is 10.2 Å². The van der Waals surface area contributed by atoms with Crippen molar-refractivity contribution in [3.63, 3.8) is 0 Å². The minimum atomic E-state index is -0.576. The number of hydrogen-bond donors (Lipinski definition) is 1. The number of Topliss-reactive ketones (excluding diaryl/α,β-unsaturated/α-hetero) is 1. The molecular weight excluding hydrogens is 600 g/mol. The van der Waals surface area contributed by atoms with Gasteiger partial charge in [0.1, 0.15) is 24.1 Å². The van der Waals surface area contributed by atoms with Crippen LogP contribution in [-0.4, -0.2) is 54.3 Å². The summed E-state index contributed by atoms with van der Waals surface area (Å²) < 4.78 is 1.64. The van der Waals surface area contributed by atoms with E-state index in [2.05, 4.69) is 39.4 Å². The standard InChI is InChI=1S/C39H40N6O3/c1-24-17-29(30-21-40-26(3)41-22-30)18-31-36(25(2)46)43-44(37(24)31)23-35(47)45-33(19-39(4)20-34(39)45)38(48)42-32(28-13-9-6-10-14-28)16-15-27-11-7-5-8-12-27/h5-14,17-18,21-22,32-34H,15-16,19-20,23H2,1-4H3,(H,42,48)/t32-,33-,34+,39-/m0/s1. The van der Waals surface area contributed by atoms with Gasteiger partial charge in [0.15, 0.2) is 5.78 Å². The third-order valence-corrected chi connectivity index (χ3v) is 10.1. The summed E-state index contributed by atoms with van der Waals surface area (Å²) in [7, 11) is 0. The summed E-state index contributed by atoms with van der Waals surface area (Å²) in [6.45, 7) is 7.37. The molecule has 5 aromatic rings.